The molecule has 0 fully saturated rings. The molecule has 4 heteroatoms. The minimum Gasteiger partial charge on any atom is -0.387 e. The van der Waals surface area contributed by atoms with Gasteiger partial charge >= 0.3 is 0 Å². The van der Waals surface area contributed by atoms with Crippen molar-refractivity contribution in [3.05, 3.63) is 65.2 Å². The van der Waals surface area contributed by atoms with E-state index in [9.17, 15) is 13.5 Å². The number of fused-ring (bicyclic) bond motifs is 1. The van der Waals surface area contributed by atoms with Gasteiger partial charge in [-0.15, -0.1) is 0 Å². The molecule has 0 aliphatic heterocycles. The van der Waals surface area contributed by atoms with E-state index in [-0.39, 0.29) is 0 Å². The van der Waals surface area contributed by atoms with Crippen LogP contribution in [0.15, 0.2) is 53.4 Å². The molecule has 0 spiro atoms. The SMILES string of the molecule is Cc1cccc(S(=O)(=O)C2CCc3ccccc3C2O)c1. The van der Waals surface area contributed by atoms with Crippen LogP contribution in [0.4, 0.5) is 0 Å². The van der Waals surface area contributed by atoms with E-state index in [0.29, 0.717) is 17.7 Å². The normalized spacial score (nSPS) is 21.8. The van der Waals surface area contributed by atoms with E-state index >= 15 is 0 Å². The summed E-state index contributed by atoms with van der Waals surface area (Å²) in [5.74, 6) is 0. The van der Waals surface area contributed by atoms with E-state index < -0.39 is 21.2 Å². The zero-order chi connectivity index (χ0) is 15.0. The molecule has 0 amide bonds. The smallest absolute Gasteiger partial charge is 0.184 e. The fourth-order valence-corrected chi connectivity index (χ4v) is 4.88. The number of aryl methyl sites for hydroxylation is 2. The first-order valence-corrected chi connectivity index (χ1v) is 8.61. The molecule has 0 saturated carbocycles. The summed E-state index contributed by atoms with van der Waals surface area (Å²) in [6.45, 7) is 1.87. The highest BCUT2D eigenvalue weighted by molar-refractivity contribution is 7.92. The molecule has 0 saturated heterocycles. The molecule has 0 bridgehead atoms. The van der Waals surface area contributed by atoms with Gasteiger partial charge in [-0.25, -0.2) is 8.42 Å². The van der Waals surface area contributed by atoms with Crippen molar-refractivity contribution in [2.75, 3.05) is 0 Å². The molecule has 2 atom stereocenters. The first-order chi connectivity index (χ1) is 10.00. The van der Waals surface area contributed by atoms with Crippen molar-refractivity contribution in [3.8, 4) is 0 Å². The van der Waals surface area contributed by atoms with Crippen LogP contribution in [-0.2, 0) is 16.3 Å². The first kappa shape index (κ1) is 14.3. The summed E-state index contributed by atoms with van der Waals surface area (Å²) in [5.41, 5.74) is 2.69. The van der Waals surface area contributed by atoms with Crippen molar-refractivity contribution in [3.63, 3.8) is 0 Å². The van der Waals surface area contributed by atoms with Gasteiger partial charge in [-0.1, -0.05) is 36.4 Å². The minimum atomic E-state index is -3.53. The van der Waals surface area contributed by atoms with E-state index in [1.807, 2.05) is 37.3 Å². The van der Waals surface area contributed by atoms with Gasteiger partial charge in [0.15, 0.2) is 9.84 Å². The molecule has 2 aromatic rings. The third-order valence-electron chi connectivity index (χ3n) is 4.14. The quantitative estimate of drug-likeness (QED) is 0.928. The maximum Gasteiger partial charge on any atom is 0.184 e. The highest BCUT2D eigenvalue weighted by atomic mass is 32.2. The van der Waals surface area contributed by atoms with E-state index in [4.69, 9.17) is 0 Å². The maximum absolute atomic E-state index is 12.8. The molecule has 110 valence electrons. The monoisotopic (exact) mass is 302 g/mol. The zero-order valence-corrected chi connectivity index (χ0v) is 12.7. The van der Waals surface area contributed by atoms with Crippen LogP contribution in [0.5, 0.6) is 0 Å². The second-order valence-corrected chi connectivity index (χ2v) is 7.75. The Bertz CT molecular complexity index is 765. The number of aliphatic hydroxyl groups excluding tert-OH is 1. The molecule has 2 unspecified atom stereocenters. The Morgan fingerprint density at radius 3 is 2.62 bits per heavy atom. The average molecular weight is 302 g/mol. The van der Waals surface area contributed by atoms with Gasteiger partial charge in [0.25, 0.3) is 0 Å². The van der Waals surface area contributed by atoms with Gasteiger partial charge in [0.2, 0.25) is 0 Å². The van der Waals surface area contributed by atoms with Crippen LogP contribution >= 0.6 is 0 Å². The van der Waals surface area contributed by atoms with Crippen molar-refractivity contribution in [2.45, 2.75) is 36.0 Å². The summed E-state index contributed by atoms with van der Waals surface area (Å²) in [7, 11) is -3.53. The minimum absolute atomic E-state index is 0.297. The number of sulfone groups is 1. The molecule has 0 aromatic heterocycles. The standard InChI is InChI=1S/C17H18O3S/c1-12-5-4-7-14(11-12)21(19,20)16-10-9-13-6-2-3-8-15(13)17(16)18/h2-8,11,16-18H,9-10H2,1H3. The Morgan fingerprint density at radius 1 is 1.10 bits per heavy atom. The van der Waals surface area contributed by atoms with Gasteiger partial charge in [-0.05, 0) is 48.6 Å². The molecule has 3 rings (SSSR count). The van der Waals surface area contributed by atoms with Crippen LogP contribution in [0.25, 0.3) is 0 Å². The fraction of sp³-hybridized carbons (Fsp3) is 0.294. The van der Waals surface area contributed by atoms with E-state index in [0.717, 1.165) is 16.7 Å². The van der Waals surface area contributed by atoms with Crippen molar-refractivity contribution >= 4 is 9.84 Å². The Balaban J connectivity index is 2.02. The molecule has 2 aromatic carbocycles. The molecular formula is C17H18O3S. The molecule has 3 nitrogen and oxygen atoms in total. The first-order valence-electron chi connectivity index (χ1n) is 7.06. The lowest BCUT2D eigenvalue weighted by Gasteiger charge is -2.29. The second-order valence-electron chi connectivity index (χ2n) is 5.58. The molecule has 1 aliphatic carbocycles. The summed E-state index contributed by atoms with van der Waals surface area (Å²) < 4.78 is 25.6. The number of hydrogen-bond acceptors (Lipinski definition) is 3. The fourth-order valence-electron chi connectivity index (χ4n) is 3.00. The van der Waals surface area contributed by atoms with Gasteiger partial charge in [-0.3, -0.25) is 0 Å². The molecule has 0 radical (unpaired) electrons. The topological polar surface area (TPSA) is 54.4 Å². The molecule has 1 N–H and O–H groups in total. The Labute approximate surface area is 125 Å². The number of rotatable bonds is 2. The predicted octanol–water partition coefficient (Wildman–Crippen LogP) is 2.82. The predicted molar refractivity (Wildman–Crippen MR) is 81.9 cm³/mol. The van der Waals surface area contributed by atoms with Crippen molar-refractivity contribution in [1.82, 2.24) is 0 Å². The average Bonchev–Trinajstić information content (AvgIpc) is 2.47. The lowest BCUT2D eigenvalue weighted by Crippen LogP contribution is -2.33. The van der Waals surface area contributed by atoms with Crippen molar-refractivity contribution < 1.29 is 13.5 Å². The van der Waals surface area contributed by atoms with Gasteiger partial charge in [0.1, 0.15) is 0 Å². The van der Waals surface area contributed by atoms with Crippen LogP contribution in [0.3, 0.4) is 0 Å². The molecular weight excluding hydrogens is 284 g/mol. The maximum atomic E-state index is 12.8. The van der Waals surface area contributed by atoms with Crippen LogP contribution in [0.1, 0.15) is 29.2 Å². The van der Waals surface area contributed by atoms with Gasteiger partial charge in [0, 0.05) is 0 Å². The Kier molecular flexibility index (Phi) is 3.59. The lowest BCUT2D eigenvalue weighted by atomic mass is 9.89. The highest BCUT2D eigenvalue weighted by Gasteiger charge is 2.38. The van der Waals surface area contributed by atoms with Gasteiger partial charge in [0.05, 0.1) is 16.2 Å². The van der Waals surface area contributed by atoms with Crippen LogP contribution in [0, 0.1) is 6.92 Å². The molecule has 1 aliphatic rings. The van der Waals surface area contributed by atoms with Crippen molar-refractivity contribution in [1.29, 1.82) is 0 Å². The van der Waals surface area contributed by atoms with E-state index in [2.05, 4.69) is 0 Å². The number of hydrogen-bond donors (Lipinski definition) is 1. The number of benzene rings is 2. The van der Waals surface area contributed by atoms with Gasteiger partial charge < -0.3 is 5.11 Å². The van der Waals surface area contributed by atoms with E-state index in [1.165, 1.54) is 0 Å². The summed E-state index contributed by atoms with van der Waals surface area (Å²) >= 11 is 0. The third kappa shape index (κ3) is 2.49. The van der Waals surface area contributed by atoms with E-state index in [1.54, 1.807) is 18.2 Å². The summed E-state index contributed by atoms with van der Waals surface area (Å²) in [6, 6.07) is 14.4. The third-order valence-corrected chi connectivity index (χ3v) is 6.34. The molecule has 21 heavy (non-hydrogen) atoms. The van der Waals surface area contributed by atoms with Crippen LogP contribution in [-0.4, -0.2) is 18.8 Å². The largest absolute Gasteiger partial charge is 0.387 e. The van der Waals surface area contributed by atoms with Crippen LogP contribution < -0.4 is 0 Å². The highest BCUT2D eigenvalue weighted by Crippen LogP contribution is 2.36. The van der Waals surface area contributed by atoms with Crippen LogP contribution in [0.2, 0.25) is 0 Å². The summed E-state index contributed by atoms with van der Waals surface area (Å²) in [4.78, 5) is 0.297. The lowest BCUT2D eigenvalue weighted by molar-refractivity contribution is 0.159. The second kappa shape index (κ2) is 5.28. The summed E-state index contributed by atoms with van der Waals surface area (Å²) in [6.07, 6.45) is 0.178. The van der Waals surface area contributed by atoms with Crippen molar-refractivity contribution in [2.24, 2.45) is 0 Å². The Hall–Kier alpha value is -1.65. The summed E-state index contributed by atoms with van der Waals surface area (Å²) in [5, 5.41) is 9.74. The van der Waals surface area contributed by atoms with Gasteiger partial charge in [-0.2, -0.15) is 0 Å². The Morgan fingerprint density at radius 2 is 1.86 bits per heavy atom. The molecule has 0 heterocycles. The number of aliphatic hydroxyl groups is 1. The zero-order valence-electron chi connectivity index (χ0n) is 11.9.